The quantitative estimate of drug-likeness (QED) is 0.748. The van der Waals surface area contributed by atoms with Gasteiger partial charge in [0.15, 0.2) is 5.69 Å². The second kappa shape index (κ2) is 6.00. The Morgan fingerprint density at radius 2 is 2.26 bits per heavy atom. The average molecular weight is 436 g/mol. The first-order chi connectivity index (χ1) is 9.04. The third-order valence-electron chi connectivity index (χ3n) is 2.59. The topological polar surface area (TPSA) is 68.0 Å². The molecule has 0 aliphatic rings. The molecule has 0 aliphatic heterocycles. The third-order valence-corrected chi connectivity index (χ3v) is 3.93. The van der Waals surface area contributed by atoms with E-state index >= 15 is 0 Å². The van der Waals surface area contributed by atoms with Gasteiger partial charge in [-0.25, -0.2) is 9.48 Å². The number of aromatic nitrogens is 3. The molecule has 0 amide bonds. The third kappa shape index (κ3) is 2.97. The summed E-state index contributed by atoms with van der Waals surface area (Å²) < 4.78 is 3.50. The number of benzene rings is 1. The van der Waals surface area contributed by atoms with E-state index in [1.54, 1.807) is 4.68 Å². The van der Waals surface area contributed by atoms with Gasteiger partial charge in [0, 0.05) is 8.04 Å². The number of aromatic carboxylic acids is 1. The van der Waals surface area contributed by atoms with Gasteiger partial charge >= 0.3 is 5.97 Å². The zero-order chi connectivity index (χ0) is 14.0. The first-order valence-corrected chi connectivity index (χ1v) is 7.55. The molecule has 0 radical (unpaired) electrons. The van der Waals surface area contributed by atoms with Gasteiger partial charge in [-0.15, -0.1) is 5.10 Å². The Morgan fingerprint density at radius 1 is 1.53 bits per heavy atom. The van der Waals surface area contributed by atoms with Crippen molar-refractivity contribution >= 4 is 44.5 Å². The van der Waals surface area contributed by atoms with Crippen LogP contribution in [0.4, 0.5) is 0 Å². The van der Waals surface area contributed by atoms with E-state index in [1.165, 1.54) is 0 Å². The van der Waals surface area contributed by atoms with Crippen molar-refractivity contribution < 1.29 is 9.90 Å². The molecule has 1 aromatic carbocycles. The van der Waals surface area contributed by atoms with Crippen LogP contribution in [0.3, 0.4) is 0 Å². The van der Waals surface area contributed by atoms with Gasteiger partial charge < -0.3 is 5.11 Å². The highest BCUT2D eigenvalue weighted by Crippen LogP contribution is 2.25. The first-order valence-electron chi connectivity index (χ1n) is 5.68. The number of rotatable bonds is 4. The molecular formula is C12H11BrIN3O2. The van der Waals surface area contributed by atoms with Gasteiger partial charge in [-0.3, -0.25) is 0 Å². The Balaban J connectivity index is 2.61. The van der Waals surface area contributed by atoms with Crippen LogP contribution in [0.15, 0.2) is 22.7 Å². The van der Waals surface area contributed by atoms with E-state index in [0.29, 0.717) is 12.1 Å². The van der Waals surface area contributed by atoms with Crippen LogP contribution in [0.1, 0.15) is 29.5 Å². The molecule has 7 heteroatoms. The fourth-order valence-corrected chi connectivity index (χ4v) is 2.66. The molecule has 0 fully saturated rings. The largest absolute Gasteiger partial charge is 0.476 e. The lowest BCUT2D eigenvalue weighted by Gasteiger charge is -2.08. The Morgan fingerprint density at radius 3 is 2.89 bits per heavy atom. The summed E-state index contributed by atoms with van der Waals surface area (Å²) in [6.45, 7) is 1.99. The minimum absolute atomic E-state index is 0.0209. The van der Waals surface area contributed by atoms with Gasteiger partial charge in [-0.2, -0.15) is 0 Å². The van der Waals surface area contributed by atoms with Crippen LogP contribution in [0.2, 0.25) is 0 Å². The van der Waals surface area contributed by atoms with Gasteiger partial charge in [0.2, 0.25) is 0 Å². The maximum absolute atomic E-state index is 11.2. The lowest BCUT2D eigenvalue weighted by molar-refractivity contribution is 0.0689. The molecule has 19 heavy (non-hydrogen) atoms. The molecule has 1 heterocycles. The summed E-state index contributed by atoms with van der Waals surface area (Å²) in [5, 5.41) is 16.9. The molecule has 2 rings (SSSR count). The predicted octanol–water partition coefficient (Wildman–Crippen LogP) is 3.29. The zero-order valence-electron chi connectivity index (χ0n) is 10.1. The minimum atomic E-state index is -1.04. The summed E-state index contributed by atoms with van der Waals surface area (Å²) in [6, 6.07) is 5.81. The maximum atomic E-state index is 11.2. The number of hydrogen-bond acceptors (Lipinski definition) is 3. The summed E-state index contributed by atoms with van der Waals surface area (Å²) in [5.41, 5.74) is 1.45. The number of carboxylic acids is 1. The SMILES string of the molecule is CCCc1c(C(=O)O)nnn1-c1cc(I)ccc1Br. The van der Waals surface area contributed by atoms with Crippen molar-refractivity contribution in [2.75, 3.05) is 0 Å². The molecule has 100 valence electrons. The van der Waals surface area contributed by atoms with Crippen molar-refractivity contribution in [1.82, 2.24) is 15.0 Å². The number of nitrogens with zero attached hydrogens (tertiary/aromatic N) is 3. The van der Waals surface area contributed by atoms with E-state index in [9.17, 15) is 4.79 Å². The van der Waals surface area contributed by atoms with E-state index < -0.39 is 5.97 Å². The number of hydrogen-bond donors (Lipinski definition) is 1. The molecule has 0 saturated carbocycles. The van der Waals surface area contributed by atoms with Crippen LogP contribution in [0, 0.1) is 3.57 Å². The van der Waals surface area contributed by atoms with E-state index in [2.05, 4.69) is 48.8 Å². The monoisotopic (exact) mass is 435 g/mol. The van der Waals surface area contributed by atoms with Crippen molar-refractivity contribution in [2.45, 2.75) is 19.8 Å². The predicted molar refractivity (Wildman–Crippen MR) is 82.7 cm³/mol. The van der Waals surface area contributed by atoms with E-state index in [4.69, 9.17) is 5.11 Å². The molecule has 5 nitrogen and oxygen atoms in total. The molecule has 0 atom stereocenters. The van der Waals surface area contributed by atoms with Gasteiger partial charge in [0.05, 0.1) is 11.4 Å². The van der Waals surface area contributed by atoms with E-state index in [-0.39, 0.29) is 5.69 Å². The van der Waals surface area contributed by atoms with Crippen LogP contribution in [-0.4, -0.2) is 26.1 Å². The Bertz CT molecular complexity index is 627. The highest BCUT2D eigenvalue weighted by atomic mass is 127. The fourth-order valence-electron chi connectivity index (χ4n) is 1.77. The second-order valence-electron chi connectivity index (χ2n) is 3.95. The molecule has 0 spiro atoms. The summed E-state index contributed by atoms with van der Waals surface area (Å²) in [4.78, 5) is 11.2. The van der Waals surface area contributed by atoms with Crippen LogP contribution < -0.4 is 0 Å². The van der Waals surface area contributed by atoms with Crippen molar-refractivity contribution in [3.63, 3.8) is 0 Å². The van der Waals surface area contributed by atoms with Crippen molar-refractivity contribution in [3.05, 3.63) is 37.6 Å². The second-order valence-corrected chi connectivity index (χ2v) is 6.05. The Hall–Kier alpha value is -0.960. The Labute approximate surface area is 132 Å². The molecule has 0 unspecified atom stereocenters. The van der Waals surface area contributed by atoms with Crippen molar-refractivity contribution in [1.29, 1.82) is 0 Å². The van der Waals surface area contributed by atoms with Gasteiger partial charge in [-0.1, -0.05) is 18.6 Å². The summed E-state index contributed by atoms with van der Waals surface area (Å²) in [5.74, 6) is -1.04. The summed E-state index contributed by atoms with van der Waals surface area (Å²) in [7, 11) is 0. The molecule has 2 aromatic rings. The highest BCUT2D eigenvalue weighted by molar-refractivity contribution is 14.1. The van der Waals surface area contributed by atoms with E-state index in [1.807, 2.05) is 25.1 Å². The fraction of sp³-hybridized carbons (Fsp3) is 0.250. The normalized spacial score (nSPS) is 10.7. The zero-order valence-corrected chi connectivity index (χ0v) is 13.8. The van der Waals surface area contributed by atoms with Crippen LogP contribution in [0.25, 0.3) is 5.69 Å². The molecule has 0 saturated heterocycles. The Kier molecular flexibility index (Phi) is 4.56. The first kappa shape index (κ1) is 14.4. The van der Waals surface area contributed by atoms with E-state index in [0.717, 1.165) is 20.2 Å². The lowest BCUT2D eigenvalue weighted by atomic mass is 10.2. The molecule has 0 bridgehead atoms. The van der Waals surface area contributed by atoms with Gasteiger partial charge in [0.25, 0.3) is 0 Å². The summed E-state index contributed by atoms with van der Waals surface area (Å²) >= 11 is 5.66. The standard InChI is InChI=1S/C12H11BrIN3O2/c1-2-3-9-11(12(18)19)15-16-17(9)10-6-7(14)4-5-8(10)13/h4-6H,2-3H2,1H3,(H,18,19). The van der Waals surface area contributed by atoms with Crippen LogP contribution >= 0.6 is 38.5 Å². The minimum Gasteiger partial charge on any atom is -0.476 e. The molecule has 0 aliphatic carbocycles. The van der Waals surface area contributed by atoms with Crippen LogP contribution in [-0.2, 0) is 6.42 Å². The number of carboxylic acid groups (broad SMARTS) is 1. The van der Waals surface area contributed by atoms with Crippen molar-refractivity contribution in [2.24, 2.45) is 0 Å². The van der Waals surface area contributed by atoms with Gasteiger partial charge in [-0.05, 0) is 63.1 Å². The summed E-state index contributed by atoms with van der Waals surface area (Å²) in [6.07, 6.45) is 1.45. The van der Waals surface area contributed by atoms with Crippen LogP contribution in [0.5, 0.6) is 0 Å². The number of carbonyl (C=O) groups is 1. The molecular weight excluding hydrogens is 425 g/mol. The molecule has 1 N–H and O–H groups in total. The highest BCUT2D eigenvalue weighted by Gasteiger charge is 2.20. The molecule has 1 aromatic heterocycles. The maximum Gasteiger partial charge on any atom is 0.358 e. The smallest absolute Gasteiger partial charge is 0.358 e. The number of halogens is 2. The van der Waals surface area contributed by atoms with Crippen molar-refractivity contribution in [3.8, 4) is 5.69 Å². The lowest BCUT2D eigenvalue weighted by Crippen LogP contribution is -2.07. The average Bonchev–Trinajstić information content (AvgIpc) is 2.76. The van der Waals surface area contributed by atoms with Gasteiger partial charge in [0.1, 0.15) is 0 Å².